The summed E-state index contributed by atoms with van der Waals surface area (Å²) in [4.78, 5) is 10.5. The number of para-hydroxylation sites is 1. The highest BCUT2D eigenvalue weighted by Crippen LogP contribution is 2.50. The minimum Gasteiger partial charge on any atom is -0.455 e. The Morgan fingerprint density at radius 1 is 0.415 bits per heavy atom. The van der Waals surface area contributed by atoms with E-state index < -0.39 is 0 Å². The number of benzene rings is 8. The number of hydrogen-bond acceptors (Lipinski definition) is 4. The maximum Gasteiger partial charge on any atom is 0.160 e. The molecule has 4 heteroatoms. The molecule has 1 unspecified atom stereocenters. The summed E-state index contributed by atoms with van der Waals surface area (Å²) in [7, 11) is 0. The zero-order chi connectivity index (χ0) is 34.9. The average Bonchev–Trinajstić information content (AvgIpc) is 3.79. The summed E-state index contributed by atoms with van der Waals surface area (Å²) < 4.78 is 6.82. The van der Waals surface area contributed by atoms with Gasteiger partial charge < -0.3 is 9.73 Å². The fraction of sp³-hybridized carbons (Fsp3) is 0.0204. The Kier molecular flexibility index (Phi) is 6.58. The fourth-order valence-corrected chi connectivity index (χ4v) is 8.26. The second-order valence-electron chi connectivity index (χ2n) is 13.7. The van der Waals surface area contributed by atoms with Gasteiger partial charge >= 0.3 is 0 Å². The van der Waals surface area contributed by atoms with Crippen LogP contribution in [0.15, 0.2) is 190 Å². The number of rotatable bonds is 5. The predicted molar refractivity (Wildman–Crippen MR) is 218 cm³/mol. The molecule has 1 aliphatic heterocycles. The third-order valence-corrected chi connectivity index (χ3v) is 10.7. The Morgan fingerprint density at radius 3 is 1.77 bits per heavy atom. The molecule has 1 aliphatic carbocycles. The molecular weight excluding hydrogens is 647 g/mol. The van der Waals surface area contributed by atoms with Crippen LogP contribution in [-0.4, -0.2) is 11.7 Å². The van der Waals surface area contributed by atoms with Gasteiger partial charge in [0.05, 0.1) is 0 Å². The lowest BCUT2D eigenvalue weighted by molar-refractivity contribution is 0.669. The second kappa shape index (κ2) is 11.8. The summed E-state index contributed by atoms with van der Waals surface area (Å²) in [6.07, 6.45) is -0.329. The highest BCUT2D eigenvalue weighted by molar-refractivity contribution is 6.24. The maximum absolute atomic E-state index is 6.82. The van der Waals surface area contributed by atoms with Gasteiger partial charge in [-0.3, -0.25) is 0 Å². The number of aliphatic imine (C=N–C) groups is 2. The van der Waals surface area contributed by atoms with E-state index in [1.807, 2.05) is 30.3 Å². The van der Waals surface area contributed by atoms with Gasteiger partial charge in [-0.25, -0.2) is 9.98 Å². The molecule has 0 spiro atoms. The molecule has 4 nitrogen and oxygen atoms in total. The minimum atomic E-state index is -0.329. The van der Waals surface area contributed by atoms with E-state index in [1.54, 1.807) is 0 Å². The van der Waals surface area contributed by atoms with Crippen molar-refractivity contribution in [2.45, 2.75) is 6.17 Å². The van der Waals surface area contributed by atoms with Gasteiger partial charge in [0.15, 0.2) is 5.84 Å². The van der Waals surface area contributed by atoms with Crippen molar-refractivity contribution in [1.82, 2.24) is 5.32 Å². The molecule has 0 radical (unpaired) electrons. The number of amidine groups is 2. The van der Waals surface area contributed by atoms with Crippen LogP contribution in [0.25, 0.3) is 77.2 Å². The van der Waals surface area contributed by atoms with Crippen molar-refractivity contribution in [3.63, 3.8) is 0 Å². The molecular formula is C49H31N3O. The van der Waals surface area contributed by atoms with Gasteiger partial charge in [-0.05, 0) is 61.3 Å². The minimum absolute atomic E-state index is 0.329. The van der Waals surface area contributed by atoms with Crippen molar-refractivity contribution in [2.24, 2.45) is 9.98 Å². The summed E-state index contributed by atoms with van der Waals surface area (Å²) in [6.45, 7) is 0. The van der Waals surface area contributed by atoms with E-state index in [9.17, 15) is 0 Å². The highest BCUT2D eigenvalue weighted by Gasteiger charge is 2.26. The smallest absolute Gasteiger partial charge is 0.160 e. The highest BCUT2D eigenvalue weighted by atomic mass is 16.3. The Morgan fingerprint density at radius 2 is 1.00 bits per heavy atom. The van der Waals surface area contributed by atoms with Crippen molar-refractivity contribution in [3.05, 3.63) is 193 Å². The number of furan rings is 1. The van der Waals surface area contributed by atoms with Gasteiger partial charge in [-0.1, -0.05) is 170 Å². The quantitative estimate of drug-likeness (QED) is 0.197. The normalized spacial score (nSPS) is 14.6. The standard InChI is InChI=1S/C49H31N3O/c1-3-12-30(13-4-1)31-24-26-33(27-25-31)48-50-47(32-14-5-2-6-15-32)51-49(52-48)42-22-11-23-43-45(42)41-21-10-20-40(46(41)53-43)36-28-29-39-35-17-8-7-16-34(35)37-18-9-19-38(36)44(37)39/h1-29,48H,(H,50,51,52). The molecule has 0 fully saturated rings. The molecule has 0 amide bonds. The van der Waals surface area contributed by atoms with Crippen molar-refractivity contribution in [2.75, 3.05) is 0 Å². The van der Waals surface area contributed by atoms with Crippen LogP contribution in [0.5, 0.6) is 0 Å². The molecule has 8 aromatic carbocycles. The van der Waals surface area contributed by atoms with E-state index in [0.717, 1.165) is 55.6 Å². The van der Waals surface area contributed by atoms with Crippen molar-refractivity contribution in [1.29, 1.82) is 0 Å². The monoisotopic (exact) mass is 677 g/mol. The van der Waals surface area contributed by atoms with Crippen LogP contribution in [0.3, 0.4) is 0 Å². The summed E-state index contributed by atoms with van der Waals surface area (Å²) >= 11 is 0. The van der Waals surface area contributed by atoms with Crippen LogP contribution >= 0.6 is 0 Å². The average molecular weight is 678 g/mol. The van der Waals surface area contributed by atoms with E-state index in [-0.39, 0.29) is 6.17 Å². The van der Waals surface area contributed by atoms with Crippen molar-refractivity contribution < 1.29 is 4.42 Å². The third kappa shape index (κ3) is 4.69. The molecule has 1 aromatic heterocycles. The summed E-state index contributed by atoms with van der Waals surface area (Å²) in [5.41, 5.74) is 14.4. The van der Waals surface area contributed by atoms with Crippen LogP contribution in [0, 0.1) is 0 Å². The van der Waals surface area contributed by atoms with Gasteiger partial charge in [-0.15, -0.1) is 0 Å². The first-order valence-electron chi connectivity index (χ1n) is 18.0. The van der Waals surface area contributed by atoms with Crippen molar-refractivity contribution >= 4 is 44.4 Å². The van der Waals surface area contributed by atoms with Gasteiger partial charge in [-0.2, -0.15) is 0 Å². The molecule has 2 heterocycles. The summed E-state index contributed by atoms with van der Waals surface area (Å²) in [5, 5.41) is 8.21. The molecule has 248 valence electrons. The largest absolute Gasteiger partial charge is 0.455 e. The molecule has 11 rings (SSSR count). The van der Waals surface area contributed by atoms with Gasteiger partial charge in [0.25, 0.3) is 0 Å². The molecule has 0 saturated heterocycles. The molecule has 0 bridgehead atoms. The zero-order valence-corrected chi connectivity index (χ0v) is 28.6. The van der Waals surface area contributed by atoms with E-state index in [4.69, 9.17) is 14.4 Å². The molecule has 1 N–H and O–H groups in total. The number of hydrogen-bond donors (Lipinski definition) is 1. The lowest BCUT2D eigenvalue weighted by Crippen LogP contribution is -2.33. The molecule has 1 atom stereocenters. The van der Waals surface area contributed by atoms with Crippen LogP contribution in [0.1, 0.15) is 22.9 Å². The number of nitrogens with zero attached hydrogens (tertiary/aromatic N) is 2. The Labute approximate surface area is 306 Å². The Balaban J connectivity index is 1.07. The zero-order valence-electron chi connectivity index (χ0n) is 28.6. The SMILES string of the molecule is c1ccc(C2=NC(c3cccc4oc5c(-c6ccc7c8c(cccc68)-c6ccccc6-7)cccc5c34)=NC(c3ccc(-c4ccccc4)cc3)N2)cc1. The van der Waals surface area contributed by atoms with Gasteiger partial charge in [0, 0.05) is 27.5 Å². The van der Waals surface area contributed by atoms with Crippen LogP contribution < -0.4 is 5.32 Å². The van der Waals surface area contributed by atoms with Gasteiger partial charge in [0.2, 0.25) is 0 Å². The van der Waals surface area contributed by atoms with Crippen molar-refractivity contribution in [3.8, 4) is 44.5 Å². The lowest BCUT2D eigenvalue weighted by Gasteiger charge is -2.24. The first-order chi connectivity index (χ1) is 26.3. The van der Waals surface area contributed by atoms with Crippen LogP contribution in [0.4, 0.5) is 0 Å². The topological polar surface area (TPSA) is 49.9 Å². The predicted octanol–water partition coefficient (Wildman–Crippen LogP) is 12.2. The molecule has 53 heavy (non-hydrogen) atoms. The number of fused-ring (bicyclic) bond motifs is 6. The first-order valence-corrected chi connectivity index (χ1v) is 18.0. The maximum atomic E-state index is 6.82. The summed E-state index contributed by atoms with van der Waals surface area (Å²) in [5.74, 6) is 1.45. The Bertz CT molecular complexity index is 2930. The molecule has 2 aliphatic rings. The van der Waals surface area contributed by atoms with E-state index >= 15 is 0 Å². The molecule has 9 aromatic rings. The van der Waals surface area contributed by atoms with E-state index in [0.29, 0.717) is 5.84 Å². The molecule has 0 saturated carbocycles. The first kappa shape index (κ1) is 29.7. The Hall–Kier alpha value is -7.04. The third-order valence-electron chi connectivity index (χ3n) is 10.7. The summed E-state index contributed by atoms with van der Waals surface area (Å²) in [6, 6.07) is 62.0. The fourth-order valence-electron chi connectivity index (χ4n) is 8.26. The number of nitrogens with one attached hydrogen (secondary N) is 1. The van der Waals surface area contributed by atoms with Crippen LogP contribution in [0.2, 0.25) is 0 Å². The lowest BCUT2D eigenvalue weighted by atomic mass is 9.93. The van der Waals surface area contributed by atoms with Gasteiger partial charge in [0.1, 0.15) is 23.2 Å². The van der Waals surface area contributed by atoms with E-state index in [1.165, 1.54) is 44.2 Å². The second-order valence-corrected chi connectivity index (χ2v) is 13.7. The van der Waals surface area contributed by atoms with Crippen LogP contribution in [-0.2, 0) is 0 Å². The van der Waals surface area contributed by atoms with E-state index in [2.05, 4.69) is 151 Å².